The molecule has 0 rings (SSSR count). The van der Waals surface area contributed by atoms with Crippen molar-refractivity contribution in [2.45, 2.75) is 71.6 Å². The van der Waals surface area contributed by atoms with Crippen LogP contribution in [0.5, 0.6) is 0 Å². The smallest absolute Gasteiger partial charge is 0.305 e. The quantitative estimate of drug-likeness (QED) is 0.416. The second kappa shape index (κ2) is 11.2. The Morgan fingerprint density at radius 1 is 1.00 bits per heavy atom. The fourth-order valence-corrected chi connectivity index (χ4v) is 2.14. The molecule has 0 heterocycles. The Morgan fingerprint density at radius 3 is 2.17 bits per heavy atom. The highest BCUT2D eigenvalue weighted by Crippen LogP contribution is 2.18. The first-order valence-corrected chi connectivity index (χ1v) is 7.19. The number of ketones is 1. The third-order valence-electron chi connectivity index (χ3n) is 3.39. The zero-order valence-corrected chi connectivity index (χ0v) is 12.2. The second-order valence-corrected chi connectivity index (χ2v) is 4.98. The standard InChI is InChI=1S/C15H28O3/c1-4-5-6-7-8-10-14(13(2)16)11-9-12-15(17)18-3/h14H,4-12H2,1-3H3. The van der Waals surface area contributed by atoms with E-state index in [1.165, 1.54) is 32.8 Å². The van der Waals surface area contributed by atoms with Crippen molar-refractivity contribution >= 4 is 11.8 Å². The molecule has 0 bridgehead atoms. The topological polar surface area (TPSA) is 43.4 Å². The number of methoxy groups -OCH3 is 1. The lowest BCUT2D eigenvalue weighted by atomic mass is 9.92. The van der Waals surface area contributed by atoms with Gasteiger partial charge in [-0.3, -0.25) is 9.59 Å². The number of rotatable bonds is 11. The monoisotopic (exact) mass is 256 g/mol. The minimum atomic E-state index is -0.180. The van der Waals surface area contributed by atoms with Gasteiger partial charge in [-0.25, -0.2) is 0 Å². The first kappa shape index (κ1) is 17.1. The maximum absolute atomic E-state index is 11.5. The van der Waals surface area contributed by atoms with E-state index < -0.39 is 0 Å². The predicted molar refractivity (Wildman–Crippen MR) is 73.4 cm³/mol. The molecule has 0 aliphatic heterocycles. The molecule has 0 aliphatic rings. The van der Waals surface area contributed by atoms with Crippen LogP contribution in [0.4, 0.5) is 0 Å². The van der Waals surface area contributed by atoms with Gasteiger partial charge in [0.1, 0.15) is 5.78 Å². The highest BCUT2D eigenvalue weighted by atomic mass is 16.5. The summed E-state index contributed by atoms with van der Waals surface area (Å²) in [5.41, 5.74) is 0. The Labute approximate surface area is 111 Å². The van der Waals surface area contributed by atoms with Crippen LogP contribution in [0.2, 0.25) is 0 Å². The van der Waals surface area contributed by atoms with Gasteiger partial charge >= 0.3 is 5.97 Å². The van der Waals surface area contributed by atoms with Gasteiger partial charge < -0.3 is 4.74 Å². The van der Waals surface area contributed by atoms with Gasteiger partial charge in [0.15, 0.2) is 0 Å². The lowest BCUT2D eigenvalue weighted by molar-refractivity contribution is -0.141. The average Bonchev–Trinajstić information content (AvgIpc) is 2.35. The highest BCUT2D eigenvalue weighted by molar-refractivity contribution is 5.78. The summed E-state index contributed by atoms with van der Waals surface area (Å²) in [6, 6.07) is 0. The van der Waals surface area contributed by atoms with E-state index >= 15 is 0 Å². The molecule has 3 heteroatoms. The largest absolute Gasteiger partial charge is 0.469 e. The van der Waals surface area contributed by atoms with Crippen LogP contribution < -0.4 is 0 Å². The Bertz CT molecular complexity index is 236. The zero-order valence-electron chi connectivity index (χ0n) is 12.2. The van der Waals surface area contributed by atoms with Gasteiger partial charge in [0.05, 0.1) is 7.11 Å². The molecule has 0 amide bonds. The van der Waals surface area contributed by atoms with Crippen molar-refractivity contribution < 1.29 is 14.3 Å². The summed E-state index contributed by atoms with van der Waals surface area (Å²) in [4.78, 5) is 22.5. The van der Waals surface area contributed by atoms with Crippen LogP contribution in [0.3, 0.4) is 0 Å². The number of ether oxygens (including phenoxy) is 1. The van der Waals surface area contributed by atoms with Crippen molar-refractivity contribution in [3.63, 3.8) is 0 Å². The van der Waals surface area contributed by atoms with Gasteiger partial charge in [-0.05, 0) is 26.2 Å². The van der Waals surface area contributed by atoms with E-state index in [9.17, 15) is 9.59 Å². The van der Waals surface area contributed by atoms with Crippen LogP contribution >= 0.6 is 0 Å². The SMILES string of the molecule is CCCCCCCC(CCCC(=O)OC)C(C)=O. The predicted octanol–water partition coefficient (Wildman–Crippen LogP) is 3.90. The summed E-state index contributed by atoms with van der Waals surface area (Å²) in [5, 5.41) is 0. The summed E-state index contributed by atoms with van der Waals surface area (Å²) >= 11 is 0. The molecule has 3 nitrogen and oxygen atoms in total. The maximum atomic E-state index is 11.5. The Kier molecular flexibility index (Phi) is 10.7. The Hall–Kier alpha value is -0.860. The van der Waals surface area contributed by atoms with Crippen LogP contribution in [0.15, 0.2) is 0 Å². The van der Waals surface area contributed by atoms with E-state index in [0.717, 1.165) is 25.7 Å². The van der Waals surface area contributed by atoms with E-state index in [4.69, 9.17) is 0 Å². The van der Waals surface area contributed by atoms with Gasteiger partial charge in [0, 0.05) is 12.3 Å². The molecular weight excluding hydrogens is 228 g/mol. The third kappa shape index (κ3) is 9.20. The maximum Gasteiger partial charge on any atom is 0.305 e. The summed E-state index contributed by atoms with van der Waals surface area (Å²) in [6.45, 7) is 3.86. The van der Waals surface area contributed by atoms with E-state index in [1.807, 2.05) is 0 Å². The average molecular weight is 256 g/mol. The fourth-order valence-electron chi connectivity index (χ4n) is 2.14. The molecule has 0 aromatic carbocycles. The highest BCUT2D eigenvalue weighted by Gasteiger charge is 2.14. The molecule has 0 spiro atoms. The van der Waals surface area contributed by atoms with Crippen molar-refractivity contribution in [3.05, 3.63) is 0 Å². The number of esters is 1. The number of carbonyl (C=O) groups is 2. The van der Waals surface area contributed by atoms with Crippen molar-refractivity contribution in [1.29, 1.82) is 0 Å². The van der Waals surface area contributed by atoms with Gasteiger partial charge in [0.2, 0.25) is 0 Å². The van der Waals surface area contributed by atoms with Crippen LogP contribution in [0, 0.1) is 5.92 Å². The van der Waals surface area contributed by atoms with Crippen molar-refractivity contribution in [1.82, 2.24) is 0 Å². The summed E-state index contributed by atoms with van der Waals surface area (Å²) in [5.74, 6) is 0.215. The molecule has 106 valence electrons. The summed E-state index contributed by atoms with van der Waals surface area (Å²) in [7, 11) is 1.40. The van der Waals surface area contributed by atoms with Gasteiger partial charge in [-0.1, -0.05) is 39.0 Å². The second-order valence-electron chi connectivity index (χ2n) is 4.98. The molecule has 1 atom stereocenters. The minimum absolute atomic E-state index is 0.135. The number of Topliss-reactive ketones (excluding diaryl/α,β-unsaturated/α-hetero) is 1. The minimum Gasteiger partial charge on any atom is -0.469 e. The van der Waals surface area contributed by atoms with Gasteiger partial charge in [-0.15, -0.1) is 0 Å². The van der Waals surface area contributed by atoms with Crippen LogP contribution in [0.1, 0.15) is 71.6 Å². The summed E-state index contributed by atoms with van der Waals surface area (Å²) in [6.07, 6.45) is 9.11. The first-order valence-electron chi connectivity index (χ1n) is 7.19. The number of unbranched alkanes of at least 4 members (excludes halogenated alkanes) is 4. The zero-order chi connectivity index (χ0) is 13.8. The first-order chi connectivity index (χ1) is 8.61. The van der Waals surface area contributed by atoms with Crippen molar-refractivity contribution in [2.75, 3.05) is 7.11 Å². The van der Waals surface area contributed by atoms with Crippen LogP contribution in [-0.4, -0.2) is 18.9 Å². The normalized spacial score (nSPS) is 12.2. The number of carbonyl (C=O) groups excluding carboxylic acids is 2. The molecule has 0 radical (unpaired) electrons. The lowest BCUT2D eigenvalue weighted by Crippen LogP contribution is -2.12. The molecule has 0 fully saturated rings. The molecule has 0 aromatic heterocycles. The third-order valence-corrected chi connectivity index (χ3v) is 3.39. The molecule has 1 unspecified atom stereocenters. The van der Waals surface area contributed by atoms with Crippen molar-refractivity contribution in [3.8, 4) is 0 Å². The fraction of sp³-hybridized carbons (Fsp3) is 0.867. The molecule has 18 heavy (non-hydrogen) atoms. The molecule has 0 aromatic rings. The van der Waals surface area contributed by atoms with Gasteiger partial charge in [0.25, 0.3) is 0 Å². The van der Waals surface area contributed by atoms with E-state index in [1.54, 1.807) is 6.92 Å². The molecule has 0 N–H and O–H groups in total. The summed E-state index contributed by atoms with van der Waals surface area (Å²) < 4.78 is 4.59. The molecule has 0 aliphatic carbocycles. The number of hydrogen-bond donors (Lipinski definition) is 0. The molecular formula is C15H28O3. The molecule has 0 saturated carbocycles. The van der Waals surface area contributed by atoms with Gasteiger partial charge in [-0.2, -0.15) is 0 Å². The Morgan fingerprint density at radius 2 is 1.61 bits per heavy atom. The van der Waals surface area contributed by atoms with Crippen LogP contribution in [0.25, 0.3) is 0 Å². The molecule has 0 saturated heterocycles. The lowest BCUT2D eigenvalue weighted by Gasteiger charge is -2.13. The van der Waals surface area contributed by atoms with E-state index in [2.05, 4.69) is 11.7 Å². The van der Waals surface area contributed by atoms with Crippen molar-refractivity contribution in [2.24, 2.45) is 5.92 Å². The number of hydrogen-bond acceptors (Lipinski definition) is 3. The van der Waals surface area contributed by atoms with E-state index in [0.29, 0.717) is 6.42 Å². The Balaban J connectivity index is 3.72. The van der Waals surface area contributed by atoms with Crippen LogP contribution in [-0.2, 0) is 14.3 Å². The van der Waals surface area contributed by atoms with E-state index in [-0.39, 0.29) is 17.7 Å².